The Morgan fingerprint density at radius 3 is 2.36 bits per heavy atom. The van der Waals surface area contributed by atoms with Gasteiger partial charge in [0.25, 0.3) is 0 Å². The maximum atomic E-state index is 12.1. The Balaban J connectivity index is 0.00000242. The zero-order chi connectivity index (χ0) is 15.3. The Kier molecular flexibility index (Phi) is 7.17. The van der Waals surface area contributed by atoms with Crippen LogP contribution in [0.1, 0.15) is 43.2 Å². The smallest absolute Gasteiger partial charge is 0.240 e. The number of amides is 1. The van der Waals surface area contributed by atoms with Crippen LogP contribution in [0.3, 0.4) is 0 Å². The molecule has 1 aromatic rings. The first-order valence-electron chi connectivity index (χ1n) is 7.78. The zero-order valence-electron chi connectivity index (χ0n) is 13.5. The number of nitrogens with one attached hydrogen (secondary N) is 1. The molecule has 1 saturated carbocycles. The first kappa shape index (κ1) is 18.8. The minimum absolute atomic E-state index is 0. The molecule has 0 saturated heterocycles. The van der Waals surface area contributed by atoms with Crippen LogP contribution in [0.5, 0.6) is 5.75 Å². The molecule has 0 heterocycles. The van der Waals surface area contributed by atoms with E-state index in [4.69, 9.17) is 10.5 Å². The van der Waals surface area contributed by atoms with E-state index in [0.29, 0.717) is 13.2 Å². The largest absolute Gasteiger partial charge is 0.492 e. The molecule has 0 atom stereocenters. The molecule has 0 radical (unpaired) electrons. The van der Waals surface area contributed by atoms with Crippen molar-refractivity contribution in [3.05, 3.63) is 29.3 Å². The highest BCUT2D eigenvalue weighted by Gasteiger charge is 2.34. The van der Waals surface area contributed by atoms with Gasteiger partial charge in [-0.25, -0.2) is 0 Å². The quantitative estimate of drug-likeness (QED) is 0.818. The molecule has 1 aliphatic rings. The van der Waals surface area contributed by atoms with Crippen molar-refractivity contribution >= 4 is 18.3 Å². The lowest BCUT2D eigenvalue weighted by Gasteiger charge is -2.31. The number of ether oxygens (including phenoxy) is 1. The number of hydrogen-bond acceptors (Lipinski definition) is 3. The van der Waals surface area contributed by atoms with Crippen molar-refractivity contribution in [1.82, 2.24) is 5.32 Å². The summed E-state index contributed by atoms with van der Waals surface area (Å²) >= 11 is 0. The number of aryl methyl sites for hydroxylation is 2. The lowest BCUT2D eigenvalue weighted by atomic mass is 9.82. The van der Waals surface area contributed by atoms with Crippen LogP contribution in [0.15, 0.2) is 18.2 Å². The fourth-order valence-corrected chi connectivity index (χ4v) is 2.94. The van der Waals surface area contributed by atoms with Gasteiger partial charge in [0.1, 0.15) is 12.4 Å². The van der Waals surface area contributed by atoms with E-state index in [1.807, 2.05) is 26.0 Å². The Labute approximate surface area is 139 Å². The van der Waals surface area contributed by atoms with Crippen molar-refractivity contribution in [2.45, 2.75) is 51.5 Å². The normalized spacial score (nSPS) is 16.5. The molecule has 22 heavy (non-hydrogen) atoms. The van der Waals surface area contributed by atoms with Gasteiger partial charge in [-0.15, -0.1) is 12.4 Å². The number of halogens is 1. The van der Waals surface area contributed by atoms with Crippen molar-refractivity contribution in [3.8, 4) is 5.75 Å². The highest BCUT2D eigenvalue weighted by Crippen LogP contribution is 2.25. The summed E-state index contributed by atoms with van der Waals surface area (Å²) in [6.45, 7) is 5.04. The second-order valence-corrected chi connectivity index (χ2v) is 6.14. The van der Waals surface area contributed by atoms with Crippen molar-refractivity contribution in [1.29, 1.82) is 0 Å². The van der Waals surface area contributed by atoms with E-state index in [-0.39, 0.29) is 18.3 Å². The standard InChI is InChI=1S/C17H26N2O2.ClH/c1-13-10-14(2)12-15(11-13)21-9-8-19-16(20)17(18)6-4-3-5-7-17;/h10-12H,3-9,18H2,1-2H3,(H,19,20);1H. The van der Waals surface area contributed by atoms with Gasteiger partial charge >= 0.3 is 0 Å². The summed E-state index contributed by atoms with van der Waals surface area (Å²) in [5.41, 5.74) is 7.87. The Bertz CT molecular complexity index is 479. The van der Waals surface area contributed by atoms with E-state index < -0.39 is 5.54 Å². The van der Waals surface area contributed by atoms with Crippen molar-refractivity contribution < 1.29 is 9.53 Å². The van der Waals surface area contributed by atoms with Crippen LogP contribution in [-0.4, -0.2) is 24.6 Å². The molecule has 124 valence electrons. The Hall–Kier alpha value is -1.26. The highest BCUT2D eigenvalue weighted by molar-refractivity contribution is 5.86. The Morgan fingerprint density at radius 2 is 1.77 bits per heavy atom. The molecule has 0 aromatic heterocycles. The van der Waals surface area contributed by atoms with Crippen LogP contribution in [-0.2, 0) is 4.79 Å². The van der Waals surface area contributed by atoms with Crippen molar-refractivity contribution in [2.24, 2.45) is 5.73 Å². The van der Waals surface area contributed by atoms with Gasteiger partial charge in [0.05, 0.1) is 12.1 Å². The maximum absolute atomic E-state index is 12.1. The minimum Gasteiger partial charge on any atom is -0.492 e. The molecule has 0 spiro atoms. The predicted octanol–water partition coefficient (Wildman–Crippen LogP) is 2.88. The molecule has 0 bridgehead atoms. The van der Waals surface area contributed by atoms with Crippen LogP contribution in [0.25, 0.3) is 0 Å². The predicted molar refractivity (Wildman–Crippen MR) is 91.7 cm³/mol. The number of carbonyl (C=O) groups excluding carboxylic acids is 1. The first-order chi connectivity index (χ1) is 9.99. The van der Waals surface area contributed by atoms with Gasteiger partial charge < -0.3 is 15.8 Å². The van der Waals surface area contributed by atoms with Crippen molar-refractivity contribution in [2.75, 3.05) is 13.2 Å². The fraction of sp³-hybridized carbons (Fsp3) is 0.588. The second-order valence-electron chi connectivity index (χ2n) is 6.14. The molecule has 4 nitrogen and oxygen atoms in total. The summed E-state index contributed by atoms with van der Waals surface area (Å²) in [5, 5.41) is 2.90. The van der Waals surface area contributed by atoms with Gasteiger partial charge in [-0.1, -0.05) is 25.3 Å². The number of hydrogen-bond donors (Lipinski definition) is 2. The summed E-state index contributed by atoms with van der Waals surface area (Å²) in [5.74, 6) is 0.813. The molecule has 1 aromatic carbocycles. The van der Waals surface area contributed by atoms with Crippen LogP contribution < -0.4 is 15.8 Å². The van der Waals surface area contributed by atoms with Crippen LogP contribution in [0.4, 0.5) is 0 Å². The van der Waals surface area contributed by atoms with E-state index in [2.05, 4.69) is 11.4 Å². The summed E-state index contributed by atoms with van der Waals surface area (Å²) in [4.78, 5) is 12.1. The molecular weight excluding hydrogens is 300 g/mol. The monoisotopic (exact) mass is 326 g/mol. The molecule has 3 N–H and O–H groups in total. The minimum atomic E-state index is -0.668. The average Bonchev–Trinajstić information content (AvgIpc) is 2.43. The Morgan fingerprint density at radius 1 is 1.18 bits per heavy atom. The third-order valence-corrected chi connectivity index (χ3v) is 4.05. The van der Waals surface area contributed by atoms with Gasteiger partial charge in [0.15, 0.2) is 0 Å². The highest BCUT2D eigenvalue weighted by atomic mass is 35.5. The number of nitrogens with two attached hydrogens (primary N) is 1. The SMILES string of the molecule is Cc1cc(C)cc(OCCNC(=O)C2(N)CCCCC2)c1.Cl. The summed E-state index contributed by atoms with van der Waals surface area (Å²) in [7, 11) is 0. The first-order valence-corrected chi connectivity index (χ1v) is 7.78. The average molecular weight is 327 g/mol. The zero-order valence-corrected chi connectivity index (χ0v) is 14.3. The van der Waals surface area contributed by atoms with Crippen LogP contribution in [0, 0.1) is 13.8 Å². The molecule has 0 unspecified atom stereocenters. The van der Waals surface area contributed by atoms with E-state index >= 15 is 0 Å². The van der Waals surface area contributed by atoms with Gasteiger partial charge in [-0.2, -0.15) is 0 Å². The third-order valence-electron chi connectivity index (χ3n) is 4.05. The molecule has 1 fully saturated rings. The van der Waals surface area contributed by atoms with Gasteiger partial charge in [0.2, 0.25) is 5.91 Å². The number of carbonyl (C=O) groups is 1. The summed E-state index contributed by atoms with van der Waals surface area (Å²) in [6.07, 6.45) is 4.85. The number of benzene rings is 1. The summed E-state index contributed by atoms with van der Waals surface area (Å²) in [6, 6.07) is 6.11. The van der Waals surface area contributed by atoms with Crippen molar-refractivity contribution in [3.63, 3.8) is 0 Å². The van der Waals surface area contributed by atoms with E-state index in [9.17, 15) is 4.79 Å². The van der Waals surface area contributed by atoms with E-state index in [0.717, 1.165) is 31.4 Å². The molecular formula is C17H27ClN2O2. The maximum Gasteiger partial charge on any atom is 0.240 e. The van der Waals surface area contributed by atoms with E-state index in [1.54, 1.807) is 0 Å². The molecule has 1 amide bonds. The van der Waals surface area contributed by atoms with Gasteiger partial charge in [-0.05, 0) is 49.9 Å². The number of rotatable bonds is 5. The van der Waals surface area contributed by atoms with Crippen LogP contribution >= 0.6 is 12.4 Å². The van der Waals surface area contributed by atoms with Crippen LogP contribution in [0.2, 0.25) is 0 Å². The topological polar surface area (TPSA) is 64.3 Å². The molecule has 2 rings (SSSR count). The second kappa shape index (κ2) is 8.39. The van der Waals surface area contributed by atoms with E-state index in [1.165, 1.54) is 17.5 Å². The van der Waals surface area contributed by atoms with Gasteiger partial charge in [-0.3, -0.25) is 4.79 Å². The third kappa shape index (κ3) is 5.18. The summed E-state index contributed by atoms with van der Waals surface area (Å²) < 4.78 is 5.68. The van der Waals surface area contributed by atoms with Gasteiger partial charge in [0, 0.05) is 0 Å². The molecule has 5 heteroatoms. The lowest BCUT2D eigenvalue weighted by Crippen LogP contribution is -2.55. The lowest BCUT2D eigenvalue weighted by molar-refractivity contribution is -0.127. The fourth-order valence-electron chi connectivity index (χ4n) is 2.94. The molecule has 1 aliphatic carbocycles. The molecule has 0 aliphatic heterocycles.